The maximum atomic E-state index is 11.3. The number of carbonyl (C=O) groups is 1. The van der Waals surface area contributed by atoms with Crippen LogP contribution in [0, 0.1) is 0 Å². The number of nitrogens with zero attached hydrogens (tertiary/aromatic N) is 1. The third-order valence-electron chi connectivity index (χ3n) is 2.36. The van der Waals surface area contributed by atoms with E-state index in [0.717, 1.165) is 28.7 Å². The lowest BCUT2D eigenvalue weighted by Crippen LogP contribution is -2.25. The van der Waals surface area contributed by atoms with E-state index in [4.69, 9.17) is 11.6 Å². The van der Waals surface area contributed by atoms with Crippen molar-refractivity contribution in [1.29, 1.82) is 0 Å². The Bertz CT molecular complexity index is 405. The van der Waals surface area contributed by atoms with Crippen molar-refractivity contribution in [3.8, 4) is 0 Å². The summed E-state index contributed by atoms with van der Waals surface area (Å²) in [6.45, 7) is 2.30. The highest BCUT2D eigenvalue weighted by molar-refractivity contribution is 9.10. The number of anilines is 1. The minimum Gasteiger partial charge on any atom is -0.311 e. The predicted molar refractivity (Wildman–Crippen MR) is 60.9 cm³/mol. The van der Waals surface area contributed by atoms with Crippen LogP contribution < -0.4 is 4.90 Å². The molecule has 0 saturated heterocycles. The summed E-state index contributed by atoms with van der Waals surface area (Å²) in [5.74, 6) is 0.0490. The van der Waals surface area contributed by atoms with Crippen LogP contribution in [0.25, 0.3) is 0 Å². The minimum absolute atomic E-state index is 0.0490. The molecule has 74 valence electrons. The predicted octanol–water partition coefficient (Wildman–Crippen LogP) is 3.01. The van der Waals surface area contributed by atoms with Crippen molar-refractivity contribution in [2.45, 2.75) is 13.3 Å². The Hall–Kier alpha value is -0.540. The molecule has 4 heteroatoms. The lowest BCUT2D eigenvalue weighted by Gasteiger charge is -2.16. The molecule has 1 aliphatic heterocycles. The van der Waals surface area contributed by atoms with Crippen LogP contribution in [0.2, 0.25) is 5.02 Å². The summed E-state index contributed by atoms with van der Waals surface area (Å²) in [7, 11) is 0. The first kappa shape index (κ1) is 9.99. The quantitative estimate of drug-likeness (QED) is 0.712. The van der Waals surface area contributed by atoms with Gasteiger partial charge in [0.15, 0.2) is 0 Å². The number of halogens is 2. The van der Waals surface area contributed by atoms with Gasteiger partial charge in [0.2, 0.25) is 5.91 Å². The highest BCUT2D eigenvalue weighted by atomic mass is 79.9. The first-order valence-corrected chi connectivity index (χ1v) is 5.52. The van der Waals surface area contributed by atoms with Crippen LogP contribution in [-0.2, 0) is 11.2 Å². The molecule has 2 nitrogen and oxygen atoms in total. The van der Waals surface area contributed by atoms with Crippen molar-refractivity contribution in [1.82, 2.24) is 0 Å². The molecule has 0 radical (unpaired) electrons. The molecule has 0 fully saturated rings. The third kappa shape index (κ3) is 1.55. The van der Waals surface area contributed by atoms with Gasteiger partial charge in [-0.1, -0.05) is 27.5 Å². The number of carbonyl (C=O) groups excluding carboxylic acids is 1. The van der Waals surface area contributed by atoms with E-state index in [-0.39, 0.29) is 5.91 Å². The lowest BCUT2D eigenvalue weighted by molar-refractivity contribution is -0.116. The van der Waals surface area contributed by atoms with Gasteiger partial charge in [0.1, 0.15) is 0 Å². The molecule has 1 aliphatic rings. The van der Waals surface area contributed by atoms with Gasteiger partial charge in [0.05, 0.1) is 10.7 Å². The standard InChI is InChI=1S/C10H9BrClNO/c1-6(14)13-3-2-7-4-8(11)5-9(12)10(7)13/h4-5H,2-3H2,1H3. The SMILES string of the molecule is CC(=O)N1CCc2cc(Br)cc(Cl)c21. The highest BCUT2D eigenvalue weighted by Gasteiger charge is 2.24. The molecule has 0 aliphatic carbocycles. The molecule has 0 spiro atoms. The van der Waals surface area contributed by atoms with Crippen LogP contribution in [-0.4, -0.2) is 12.5 Å². The Morgan fingerprint density at radius 3 is 2.93 bits per heavy atom. The van der Waals surface area contributed by atoms with Gasteiger partial charge in [-0.3, -0.25) is 4.79 Å². The van der Waals surface area contributed by atoms with Crippen molar-refractivity contribution in [2.24, 2.45) is 0 Å². The average Bonchev–Trinajstić information content (AvgIpc) is 2.47. The largest absolute Gasteiger partial charge is 0.311 e. The van der Waals surface area contributed by atoms with Gasteiger partial charge in [-0.15, -0.1) is 0 Å². The van der Waals surface area contributed by atoms with Crippen LogP contribution in [0.3, 0.4) is 0 Å². The number of amides is 1. The molecule has 0 unspecified atom stereocenters. The Kier molecular flexibility index (Phi) is 2.54. The van der Waals surface area contributed by atoms with Crippen LogP contribution in [0.15, 0.2) is 16.6 Å². The maximum absolute atomic E-state index is 11.3. The number of hydrogen-bond donors (Lipinski definition) is 0. The second kappa shape index (κ2) is 3.55. The van der Waals surface area contributed by atoms with E-state index in [0.29, 0.717) is 5.02 Å². The van der Waals surface area contributed by atoms with Gasteiger partial charge in [0.25, 0.3) is 0 Å². The average molecular weight is 275 g/mol. The third-order valence-corrected chi connectivity index (χ3v) is 3.11. The Morgan fingerprint density at radius 1 is 1.57 bits per heavy atom. The number of fused-ring (bicyclic) bond motifs is 1. The Labute approximate surface area is 96.0 Å². The number of rotatable bonds is 0. The summed E-state index contributed by atoms with van der Waals surface area (Å²) in [5.41, 5.74) is 2.02. The second-order valence-corrected chi connectivity index (χ2v) is 4.64. The topological polar surface area (TPSA) is 20.3 Å². The van der Waals surface area contributed by atoms with Gasteiger partial charge in [-0.05, 0) is 24.1 Å². The van der Waals surface area contributed by atoms with Gasteiger partial charge in [-0.2, -0.15) is 0 Å². The molecule has 14 heavy (non-hydrogen) atoms. The molecule has 0 bridgehead atoms. The molecular formula is C10H9BrClNO. The lowest BCUT2D eigenvalue weighted by atomic mass is 10.2. The fourth-order valence-corrected chi connectivity index (χ4v) is 2.75. The van der Waals surface area contributed by atoms with Gasteiger partial charge >= 0.3 is 0 Å². The fraction of sp³-hybridized carbons (Fsp3) is 0.300. The van der Waals surface area contributed by atoms with Crippen molar-refractivity contribution in [3.63, 3.8) is 0 Å². The molecule has 1 heterocycles. The van der Waals surface area contributed by atoms with E-state index in [1.807, 2.05) is 12.1 Å². The molecule has 0 saturated carbocycles. The van der Waals surface area contributed by atoms with E-state index in [1.54, 1.807) is 11.8 Å². The van der Waals surface area contributed by atoms with Gasteiger partial charge < -0.3 is 4.90 Å². The first-order valence-electron chi connectivity index (χ1n) is 4.35. The zero-order chi connectivity index (χ0) is 10.3. The van der Waals surface area contributed by atoms with Crippen LogP contribution in [0.5, 0.6) is 0 Å². The van der Waals surface area contributed by atoms with E-state index in [2.05, 4.69) is 15.9 Å². The van der Waals surface area contributed by atoms with E-state index < -0.39 is 0 Å². The molecular weight excluding hydrogens is 265 g/mol. The van der Waals surface area contributed by atoms with Crippen LogP contribution in [0.1, 0.15) is 12.5 Å². The summed E-state index contributed by atoms with van der Waals surface area (Å²) < 4.78 is 0.964. The maximum Gasteiger partial charge on any atom is 0.223 e. The molecule has 0 atom stereocenters. The summed E-state index contributed by atoms with van der Waals surface area (Å²) in [6.07, 6.45) is 0.883. The van der Waals surface area contributed by atoms with E-state index >= 15 is 0 Å². The van der Waals surface area contributed by atoms with Crippen LogP contribution >= 0.6 is 27.5 Å². The summed E-state index contributed by atoms with van der Waals surface area (Å²) in [5, 5.41) is 0.641. The first-order chi connectivity index (χ1) is 6.59. The van der Waals surface area contributed by atoms with Gasteiger partial charge in [0, 0.05) is 17.9 Å². The monoisotopic (exact) mass is 273 g/mol. The number of benzene rings is 1. The second-order valence-electron chi connectivity index (χ2n) is 3.32. The zero-order valence-electron chi connectivity index (χ0n) is 7.68. The van der Waals surface area contributed by atoms with Crippen LogP contribution in [0.4, 0.5) is 5.69 Å². The number of hydrogen-bond acceptors (Lipinski definition) is 1. The molecule has 1 amide bonds. The zero-order valence-corrected chi connectivity index (χ0v) is 10.0. The fourth-order valence-electron chi connectivity index (χ4n) is 1.77. The molecule has 0 N–H and O–H groups in total. The minimum atomic E-state index is 0.0490. The van der Waals surface area contributed by atoms with Gasteiger partial charge in [-0.25, -0.2) is 0 Å². The summed E-state index contributed by atoms with van der Waals surface area (Å²) in [6, 6.07) is 3.84. The van der Waals surface area contributed by atoms with Crippen molar-refractivity contribution in [2.75, 3.05) is 11.4 Å². The molecule has 1 aromatic rings. The Morgan fingerprint density at radius 2 is 2.29 bits per heavy atom. The molecule has 2 rings (SSSR count). The Balaban J connectivity index is 2.54. The van der Waals surface area contributed by atoms with Crippen molar-refractivity contribution < 1.29 is 4.79 Å². The smallest absolute Gasteiger partial charge is 0.223 e. The normalized spacial score (nSPS) is 14.4. The van der Waals surface area contributed by atoms with E-state index in [1.165, 1.54) is 0 Å². The van der Waals surface area contributed by atoms with Crippen molar-refractivity contribution >= 4 is 39.1 Å². The molecule has 1 aromatic carbocycles. The van der Waals surface area contributed by atoms with E-state index in [9.17, 15) is 4.79 Å². The molecule has 0 aromatic heterocycles. The van der Waals surface area contributed by atoms with Crippen molar-refractivity contribution in [3.05, 3.63) is 27.2 Å². The summed E-state index contributed by atoms with van der Waals surface area (Å²) >= 11 is 9.47. The summed E-state index contributed by atoms with van der Waals surface area (Å²) in [4.78, 5) is 13.0. The highest BCUT2D eigenvalue weighted by Crippen LogP contribution is 2.37.